The van der Waals surface area contributed by atoms with E-state index in [1.165, 1.54) is 30.3 Å². The zero-order chi connectivity index (χ0) is 21.6. The Bertz CT molecular complexity index is 1050. The number of hydrogen-bond acceptors (Lipinski definition) is 8. The van der Waals surface area contributed by atoms with Crippen LogP contribution in [0.1, 0.15) is 5.56 Å². The largest absolute Gasteiger partial charge is 0.378 e. The third-order valence-corrected chi connectivity index (χ3v) is 5.01. The first kappa shape index (κ1) is 21.8. The molecule has 0 aromatic heterocycles. The normalized spacial score (nSPS) is 10.9. The Morgan fingerprint density at radius 1 is 1.00 bits per heavy atom. The van der Waals surface area contributed by atoms with Crippen molar-refractivity contribution in [3.63, 3.8) is 0 Å². The summed E-state index contributed by atoms with van der Waals surface area (Å²) >= 11 is 0. The summed E-state index contributed by atoms with van der Waals surface area (Å²) in [6.07, 6.45) is 0.770. The van der Waals surface area contributed by atoms with Crippen molar-refractivity contribution in [1.29, 1.82) is 0 Å². The molecule has 0 atom stereocenters. The third-order valence-electron chi connectivity index (χ3n) is 3.90. The van der Waals surface area contributed by atoms with Gasteiger partial charge in [0.25, 0.3) is 11.4 Å². The number of sulfone groups is 1. The molecule has 0 fully saturated rings. The van der Waals surface area contributed by atoms with Crippen LogP contribution >= 0.6 is 0 Å². The maximum absolute atomic E-state index is 12.0. The highest BCUT2D eigenvalue weighted by Gasteiger charge is 2.19. The van der Waals surface area contributed by atoms with Crippen LogP contribution in [0.5, 0.6) is 0 Å². The van der Waals surface area contributed by atoms with Gasteiger partial charge in [-0.3, -0.25) is 25.0 Å². The van der Waals surface area contributed by atoms with Gasteiger partial charge in [0.05, 0.1) is 21.2 Å². The molecule has 2 aromatic rings. The number of para-hydroxylation sites is 1. The van der Waals surface area contributed by atoms with Gasteiger partial charge in [0.15, 0.2) is 9.84 Å². The van der Waals surface area contributed by atoms with Crippen molar-refractivity contribution in [3.05, 3.63) is 68.3 Å². The highest BCUT2D eigenvalue weighted by Crippen LogP contribution is 2.27. The first-order valence-electron chi connectivity index (χ1n) is 8.31. The first-order valence-corrected chi connectivity index (χ1v) is 10.2. The van der Waals surface area contributed by atoms with Crippen molar-refractivity contribution in [3.8, 4) is 0 Å². The Hall–Kier alpha value is -3.54. The van der Waals surface area contributed by atoms with Gasteiger partial charge in [-0.2, -0.15) is 0 Å². The smallest absolute Gasteiger partial charge is 0.293 e. The van der Waals surface area contributed by atoms with Crippen molar-refractivity contribution in [1.82, 2.24) is 5.32 Å². The van der Waals surface area contributed by atoms with Crippen LogP contribution in [0.15, 0.2) is 47.4 Å². The topological polar surface area (TPSA) is 162 Å². The van der Waals surface area contributed by atoms with Crippen LogP contribution in [0.3, 0.4) is 0 Å². The second-order valence-electron chi connectivity index (χ2n) is 6.05. The quantitative estimate of drug-likeness (QED) is 0.350. The zero-order valence-corrected chi connectivity index (χ0v) is 16.1. The monoisotopic (exact) mass is 422 g/mol. The van der Waals surface area contributed by atoms with Crippen LogP contribution in [0.4, 0.5) is 17.1 Å². The molecule has 2 N–H and O–H groups in total. The summed E-state index contributed by atoms with van der Waals surface area (Å²) in [5.74, 6) is -0.442. The van der Waals surface area contributed by atoms with Crippen LogP contribution in [-0.2, 0) is 21.1 Å². The molecule has 29 heavy (non-hydrogen) atoms. The number of nitro benzene ring substituents is 2. The van der Waals surface area contributed by atoms with Crippen molar-refractivity contribution < 1.29 is 23.1 Å². The summed E-state index contributed by atoms with van der Waals surface area (Å²) in [7, 11) is -3.59. The number of hydrogen-bond donors (Lipinski definition) is 2. The number of nitrogens with zero attached hydrogens (tertiary/aromatic N) is 2. The lowest BCUT2D eigenvalue weighted by atomic mass is 10.1. The molecule has 11 nitrogen and oxygen atoms in total. The molecular formula is C17H18N4O7S. The molecule has 0 spiro atoms. The predicted octanol–water partition coefficient (Wildman–Crippen LogP) is 1.68. The number of anilines is 1. The number of carbonyl (C=O) groups is 1. The number of benzene rings is 2. The average Bonchev–Trinajstić information content (AvgIpc) is 2.64. The second kappa shape index (κ2) is 9.10. The van der Waals surface area contributed by atoms with Gasteiger partial charge in [-0.15, -0.1) is 0 Å². The molecule has 0 saturated carbocycles. The van der Waals surface area contributed by atoms with Gasteiger partial charge in [-0.25, -0.2) is 8.42 Å². The Labute approximate surface area is 166 Å². The fourth-order valence-electron chi connectivity index (χ4n) is 2.52. The highest BCUT2D eigenvalue weighted by atomic mass is 32.2. The van der Waals surface area contributed by atoms with Gasteiger partial charge >= 0.3 is 0 Å². The maximum Gasteiger partial charge on any atom is 0.293 e. The Kier molecular flexibility index (Phi) is 6.83. The molecule has 0 aliphatic carbocycles. The Morgan fingerprint density at radius 2 is 1.66 bits per heavy atom. The molecule has 2 aromatic carbocycles. The molecule has 1 amide bonds. The van der Waals surface area contributed by atoms with E-state index in [1.54, 1.807) is 6.07 Å². The zero-order valence-electron chi connectivity index (χ0n) is 15.3. The molecule has 0 radical (unpaired) electrons. The third kappa shape index (κ3) is 5.97. The molecule has 154 valence electrons. The molecule has 2 rings (SSSR count). The number of amides is 1. The minimum Gasteiger partial charge on any atom is -0.378 e. The summed E-state index contributed by atoms with van der Waals surface area (Å²) in [4.78, 5) is 32.7. The van der Waals surface area contributed by atoms with E-state index in [0.29, 0.717) is 0 Å². The van der Waals surface area contributed by atoms with Gasteiger partial charge < -0.3 is 10.6 Å². The van der Waals surface area contributed by atoms with Gasteiger partial charge in [-0.05, 0) is 12.1 Å². The standard InChI is InChI=1S/C17H18N4O7S/c1-29(27,28)13-6-7-14(16(11-13)21(25)26)18-8-9-19-17(22)10-12-4-2-3-5-15(12)20(23)24/h2-7,11,18H,8-10H2,1H3,(H,19,22). The molecule has 12 heteroatoms. The van der Waals surface area contributed by atoms with Crippen LogP contribution < -0.4 is 10.6 Å². The Morgan fingerprint density at radius 3 is 2.28 bits per heavy atom. The fourth-order valence-corrected chi connectivity index (χ4v) is 3.16. The molecule has 0 saturated heterocycles. The van der Waals surface area contributed by atoms with E-state index in [2.05, 4.69) is 10.6 Å². The minimum atomic E-state index is -3.59. The maximum atomic E-state index is 12.0. The van der Waals surface area contributed by atoms with Gasteiger partial charge in [0.1, 0.15) is 5.69 Å². The highest BCUT2D eigenvalue weighted by molar-refractivity contribution is 7.90. The van der Waals surface area contributed by atoms with Gasteiger partial charge in [0.2, 0.25) is 5.91 Å². The Balaban J connectivity index is 1.95. The molecule has 0 heterocycles. The van der Waals surface area contributed by atoms with Crippen molar-refractivity contribution in [2.45, 2.75) is 11.3 Å². The number of rotatable bonds is 9. The first-order chi connectivity index (χ1) is 13.6. The SMILES string of the molecule is CS(=O)(=O)c1ccc(NCCNC(=O)Cc2ccccc2[N+](=O)[O-])c([N+](=O)[O-])c1. The van der Waals surface area contributed by atoms with Gasteiger partial charge in [-0.1, -0.05) is 18.2 Å². The lowest BCUT2D eigenvalue weighted by molar-refractivity contribution is -0.385. The lowest BCUT2D eigenvalue weighted by Crippen LogP contribution is -2.30. The summed E-state index contributed by atoms with van der Waals surface area (Å²) in [6, 6.07) is 9.39. The van der Waals surface area contributed by atoms with E-state index in [0.717, 1.165) is 12.3 Å². The second-order valence-corrected chi connectivity index (χ2v) is 8.06. The lowest BCUT2D eigenvalue weighted by Gasteiger charge is -2.09. The number of nitro groups is 2. The van der Waals surface area contributed by atoms with E-state index < -0.39 is 31.3 Å². The van der Waals surface area contributed by atoms with Crippen LogP contribution in [0.2, 0.25) is 0 Å². The van der Waals surface area contributed by atoms with E-state index in [1.807, 2.05) is 0 Å². The molecule has 0 unspecified atom stereocenters. The summed E-state index contributed by atoms with van der Waals surface area (Å²) in [5, 5.41) is 27.5. The van der Waals surface area contributed by atoms with Crippen LogP contribution in [-0.4, -0.2) is 43.5 Å². The minimum absolute atomic E-state index is 0.102. The summed E-state index contributed by atoms with van der Waals surface area (Å²) in [6.45, 7) is 0.228. The van der Waals surface area contributed by atoms with Crippen molar-refractivity contribution >= 4 is 32.8 Å². The van der Waals surface area contributed by atoms with E-state index in [-0.39, 0.29) is 41.3 Å². The molecular weight excluding hydrogens is 404 g/mol. The van der Waals surface area contributed by atoms with Crippen molar-refractivity contribution in [2.24, 2.45) is 0 Å². The van der Waals surface area contributed by atoms with Crippen LogP contribution in [0.25, 0.3) is 0 Å². The number of carbonyl (C=O) groups excluding carboxylic acids is 1. The molecule has 0 aliphatic heterocycles. The van der Waals surface area contributed by atoms with Crippen LogP contribution in [0, 0.1) is 20.2 Å². The van der Waals surface area contributed by atoms with E-state index >= 15 is 0 Å². The predicted molar refractivity (Wildman–Crippen MR) is 105 cm³/mol. The fraction of sp³-hybridized carbons (Fsp3) is 0.235. The average molecular weight is 422 g/mol. The van der Waals surface area contributed by atoms with E-state index in [4.69, 9.17) is 0 Å². The van der Waals surface area contributed by atoms with E-state index in [9.17, 15) is 33.4 Å². The summed E-state index contributed by atoms with van der Waals surface area (Å²) < 4.78 is 23.1. The number of nitrogens with one attached hydrogen (secondary N) is 2. The van der Waals surface area contributed by atoms with Crippen molar-refractivity contribution in [2.75, 3.05) is 24.7 Å². The summed E-state index contributed by atoms with van der Waals surface area (Å²) in [5.41, 5.74) is -0.174. The molecule has 0 bridgehead atoms. The van der Waals surface area contributed by atoms with Gasteiger partial charge in [0, 0.05) is 37.0 Å². The molecule has 0 aliphatic rings.